The van der Waals surface area contributed by atoms with Crippen molar-refractivity contribution in [1.29, 1.82) is 0 Å². The van der Waals surface area contributed by atoms with E-state index in [9.17, 15) is 0 Å². The number of piperidine rings is 1. The van der Waals surface area contributed by atoms with Crippen molar-refractivity contribution in [2.45, 2.75) is 77.7 Å². The second-order valence-electron chi connectivity index (χ2n) is 13.1. The summed E-state index contributed by atoms with van der Waals surface area (Å²) in [5, 5.41) is 0. The van der Waals surface area contributed by atoms with Gasteiger partial charge < -0.3 is 10.6 Å². The van der Waals surface area contributed by atoms with Gasteiger partial charge >= 0.3 is 0 Å². The Morgan fingerprint density at radius 3 is 2.33 bits per heavy atom. The first-order valence-corrected chi connectivity index (χ1v) is 14.4. The van der Waals surface area contributed by atoms with Gasteiger partial charge in [-0.3, -0.25) is 0 Å². The second-order valence-corrected chi connectivity index (χ2v) is 13.5. The molecular formula is C33H44N2S. The maximum atomic E-state index is 6.50. The minimum Gasteiger partial charge on any atom is -0.365 e. The van der Waals surface area contributed by atoms with Crippen molar-refractivity contribution in [2.24, 2.45) is 28.4 Å². The maximum absolute atomic E-state index is 6.50. The van der Waals surface area contributed by atoms with E-state index in [-0.39, 0.29) is 22.3 Å². The summed E-state index contributed by atoms with van der Waals surface area (Å²) >= 11 is 6.40. The standard InChI is InChI=1S/C33H44N2S/c1-24-19-33(27-13-9-6-10-14-27)21-26(28(24)16-15-25-11-7-5-8-12-25)20-32(4,22-33)30(36)35-18-17-29(34)31(2,3)23-35/h5-14,16,24,26,29H,15,17-23,34H2,1-4H3/b28-16+/t24?,26?,29-,32?,33?/m0/s1. The molecule has 2 bridgehead atoms. The van der Waals surface area contributed by atoms with Crippen molar-refractivity contribution in [2.75, 3.05) is 13.1 Å². The molecule has 5 atom stereocenters. The number of hydrogen-bond donors (Lipinski definition) is 1. The molecule has 4 unspecified atom stereocenters. The van der Waals surface area contributed by atoms with Crippen LogP contribution in [0, 0.1) is 22.7 Å². The molecule has 2 saturated carbocycles. The molecule has 36 heavy (non-hydrogen) atoms. The summed E-state index contributed by atoms with van der Waals surface area (Å²) in [6, 6.07) is 22.5. The lowest BCUT2D eigenvalue weighted by Crippen LogP contribution is -2.58. The fourth-order valence-electron chi connectivity index (χ4n) is 7.92. The number of hydrogen-bond acceptors (Lipinski definition) is 2. The predicted molar refractivity (Wildman–Crippen MR) is 156 cm³/mol. The van der Waals surface area contributed by atoms with Crippen LogP contribution in [0.25, 0.3) is 0 Å². The van der Waals surface area contributed by atoms with E-state index in [4.69, 9.17) is 18.0 Å². The number of thiocarbonyl (C=S) groups is 1. The van der Waals surface area contributed by atoms with Crippen LogP contribution in [-0.4, -0.2) is 29.0 Å². The van der Waals surface area contributed by atoms with E-state index in [2.05, 4.69) is 99.3 Å². The molecule has 2 N–H and O–H groups in total. The van der Waals surface area contributed by atoms with Crippen molar-refractivity contribution >= 4 is 17.2 Å². The molecule has 2 aromatic carbocycles. The molecule has 192 valence electrons. The average molecular weight is 501 g/mol. The Kier molecular flexibility index (Phi) is 6.93. The normalized spacial score (nSPS) is 35.0. The zero-order chi connectivity index (χ0) is 25.6. The molecule has 1 aliphatic heterocycles. The van der Waals surface area contributed by atoms with Crippen LogP contribution in [0.2, 0.25) is 0 Å². The van der Waals surface area contributed by atoms with Crippen LogP contribution in [0.3, 0.4) is 0 Å². The zero-order valence-corrected chi connectivity index (χ0v) is 23.5. The molecule has 3 heteroatoms. The van der Waals surface area contributed by atoms with Crippen LogP contribution in [0.1, 0.15) is 70.9 Å². The Morgan fingerprint density at radius 1 is 1.00 bits per heavy atom. The van der Waals surface area contributed by atoms with Gasteiger partial charge in [-0.15, -0.1) is 0 Å². The molecule has 1 saturated heterocycles. The summed E-state index contributed by atoms with van der Waals surface area (Å²) in [4.78, 5) is 3.71. The smallest absolute Gasteiger partial charge is 0.0839 e. The van der Waals surface area contributed by atoms with E-state index < -0.39 is 0 Å². The fourth-order valence-corrected chi connectivity index (χ4v) is 8.23. The van der Waals surface area contributed by atoms with Crippen LogP contribution in [0.4, 0.5) is 0 Å². The Morgan fingerprint density at radius 2 is 1.67 bits per heavy atom. The van der Waals surface area contributed by atoms with Crippen LogP contribution < -0.4 is 5.73 Å². The molecule has 0 aromatic heterocycles. The van der Waals surface area contributed by atoms with Gasteiger partial charge in [0.1, 0.15) is 0 Å². The van der Waals surface area contributed by atoms with Crippen molar-refractivity contribution in [3.8, 4) is 0 Å². The summed E-state index contributed by atoms with van der Waals surface area (Å²) < 4.78 is 0. The molecule has 1 heterocycles. The van der Waals surface area contributed by atoms with Crippen LogP contribution in [0.5, 0.6) is 0 Å². The Labute approximate surface area is 224 Å². The second kappa shape index (κ2) is 9.72. The van der Waals surface area contributed by atoms with E-state index in [1.807, 2.05) is 0 Å². The SMILES string of the molecule is CC1CC2(c3ccccc3)CC(CC(C)(C(=S)N3CC[C@H](N)C(C)(C)C3)C2)/C1=C/Cc1ccccc1. The molecule has 3 fully saturated rings. The molecule has 0 radical (unpaired) electrons. The minimum absolute atomic E-state index is 0.0115. The Hall–Kier alpha value is -1.97. The van der Waals surface area contributed by atoms with Gasteiger partial charge in [0.25, 0.3) is 0 Å². The van der Waals surface area contributed by atoms with Gasteiger partial charge in [-0.1, -0.05) is 112 Å². The maximum Gasteiger partial charge on any atom is 0.0839 e. The number of nitrogens with two attached hydrogens (primary N) is 1. The Balaban J connectivity index is 1.49. The molecule has 2 nitrogen and oxygen atoms in total. The minimum atomic E-state index is 0.0115. The highest BCUT2D eigenvalue weighted by Gasteiger charge is 2.54. The lowest BCUT2D eigenvalue weighted by Gasteiger charge is -2.57. The summed E-state index contributed by atoms with van der Waals surface area (Å²) in [5.41, 5.74) is 11.4. The monoisotopic (exact) mass is 500 g/mol. The Bertz CT molecular complexity index is 1100. The highest BCUT2D eigenvalue weighted by Crippen LogP contribution is 2.60. The zero-order valence-electron chi connectivity index (χ0n) is 22.7. The number of likely N-dealkylation sites (tertiary alicyclic amines) is 1. The summed E-state index contributed by atoms with van der Waals surface area (Å²) in [5.74, 6) is 1.17. The van der Waals surface area contributed by atoms with E-state index in [1.54, 1.807) is 5.57 Å². The predicted octanol–water partition coefficient (Wildman–Crippen LogP) is 7.33. The summed E-state index contributed by atoms with van der Waals surface area (Å²) in [6.07, 6.45) is 9.38. The quantitative estimate of drug-likeness (QED) is 0.352. The van der Waals surface area contributed by atoms with E-state index in [1.165, 1.54) is 29.0 Å². The van der Waals surface area contributed by atoms with E-state index >= 15 is 0 Å². The topological polar surface area (TPSA) is 29.3 Å². The third-order valence-electron chi connectivity index (χ3n) is 9.72. The van der Waals surface area contributed by atoms with Gasteiger partial charge in [0.15, 0.2) is 0 Å². The molecule has 0 amide bonds. The lowest BCUT2D eigenvalue weighted by atomic mass is 9.49. The van der Waals surface area contributed by atoms with Gasteiger partial charge in [0, 0.05) is 24.5 Å². The largest absolute Gasteiger partial charge is 0.365 e. The molecule has 2 aromatic rings. The summed E-state index contributed by atoms with van der Waals surface area (Å²) in [6.45, 7) is 11.5. The van der Waals surface area contributed by atoms with Gasteiger partial charge in [-0.25, -0.2) is 0 Å². The number of allylic oxidation sites excluding steroid dienone is 2. The molecule has 0 spiro atoms. The van der Waals surface area contributed by atoms with Gasteiger partial charge in [0.05, 0.1) is 4.99 Å². The highest BCUT2D eigenvalue weighted by atomic mass is 32.1. The lowest BCUT2D eigenvalue weighted by molar-refractivity contribution is 0.0780. The van der Waals surface area contributed by atoms with E-state index in [0.717, 1.165) is 38.8 Å². The first-order valence-electron chi connectivity index (χ1n) is 14.0. The first-order chi connectivity index (χ1) is 17.1. The number of nitrogens with zero attached hydrogens (tertiary/aromatic N) is 1. The number of rotatable bonds is 4. The van der Waals surface area contributed by atoms with Crippen molar-refractivity contribution in [3.05, 3.63) is 83.4 Å². The van der Waals surface area contributed by atoms with Crippen molar-refractivity contribution in [1.82, 2.24) is 4.90 Å². The highest BCUT2D eigenvalue weighted by molar-refractivity contribution is 7.80. The van der Waals surface area contributed by atoms with Crippen LogP contribution >= 0.6 is 12.2 Å². The van der Waals surface area contributed by atoms with E-state index in [0.29, 0.717) is 11.8 Å². The third-order valence-corrected chi connectivity index (χ3v) is 10.5. The van der Waals surface area contributed by atoms with Gasteiger partial charge in [0.2, 0.25) is 0 Å². The number of fused-ring (bicyclic) bond motifs is 2. The average Bonchev–Trinajstić information content (AvgIpc) is 2.86. The number of benzene rings is 2. The van der Waals surface area contributed by atoms with Crippen LogP contribution in [-0.2, 0) is 11.8 Å². The van der Waals surface area contributed by atoms with Gasteiger partial charge in [-0.2, -0.15) is 0 Å². The molecule has 5 rings (SSSR count). The molecular weight excluding hydrogens is 456 g/mol. The van der Waals surface area contributed by atoms with Crippen molar-refractivity contribution in [3.63, 3.8) is 0 Å². The van der Waals surface area contributed by atoms with Gasteiger partial charge in [-0.05, 0) is 72.3 Å². The van der Waals surface area contributed by atoms with Crippen molar-refractivity contribution < 1.29 is 0 Å². The third kappa shape index (κ3) is 4.82. The first kappa shape index (κ1) is 25.7. The summed E-state index contributed by atoms with van der Waals surface area (Å²) in [7, 11) is 0. The fraction of sp³-hybridized carbons (Fsp3) is 0.545. The molecule has 2 aliphatic carbocycles. The molecule has 3 aliphatic rings. The van der Waals surface area contributed by atoms with Crippen LogP contribution in [0.15, 0.2) is 72.3 Å².